The fourth-order valence-electron chi connectivity index (χ4n) is 1.66. The minimum atomic E-state index is 0.116. The fourth-order valence-corrected chi connectivity index (χ4v) is 1.66. The first-order valence-corrected chi connectivity index (χ1v) is 5.10. The molecule has 1 aliphatic rings. The average Bonchev–Trinajstić information content (AvgIpc) is 2.16. The third-order valence-electron chi connectivity index (χ3n) is 2.83. The summed E-state index contributed by atoms with van der Waals surface area (Å²) >= 11 is 0. The van der Waals surface area contributed by atoms with Crippen LogP contribution in [-0.2, 0) is 0 Å². The van der Waals surface area contributed by atoms with Crippen molar-refractivity contribution in [3.05, 3.63) is 35.9 Å². The number of carbonyl (C=O) groups is 1. The molecule has 15 heavy (non-hydrogen) atoms. The second kappa shape index (κ2) is 4.03. The molecule has 0 aromatic heterocycles. The molecule has 1 aromatic rings. The second-order valence-corrected chi connectivity index (χ2v) is 4.12. The standard InChI is InChI=1S/C12H15N2O/c1-13(2)11-8-14(9-11)12(15)10-6-4-3-5-7-10/h3-4,6-7,11H,8-9H2,1-2H3. The lowest BCUT2D eigenvalue weighted by Crippen LogP contribution is -2.59. The van der Waals surface area contributed by atoms with Gasteiger partial charge in [0.05, 0.1) is 0 Å². The first-order chi connectivity index (χ1) is 7.18. The number of likely N-dealkylation sites (tertiary alicyclic amines) is 1. The maximum Gasteiger partial charge on any atom is 0.253 e. The predicted octanol–water partition coefficient (Wildman–Crippen LogP) is 0.873. The summed E-state index contributed by atoms with van der Waals surface area (Å²) in [4.78, 5) is 15.9. The summed E-state index contributed by atoms with van der Waals surface area (Å²) in [5.41, 5.74) is 0.731. The molecule has 0 spiro atoms. The van der Waals surface area contributed by atoms with Gasteiger partial charge in [0, 0.05) is 24.7 Å². The first-order valence-electron chi connectivity index (χ1n) is 5.10. The van der Waals surface area contributed by atoms with Crippen molar-refractivity contribution >= 4 is 5.91 Å². The molecule has 1 heterocycles. The number of likely N-dealkylation sites (N-methyl/N-ethyl adjacent to an activating group) is 1. The van der Waals surface area contributed by atoms with Crippen LogP contribution in [0.4, 0.5) is 0 Å². The average molecular weight is 203 g/mol. The van der Waals surface area contributed by atoms with E-state index >= 15 is 0 Å². The van der Waals surface area contributed by atoms with Gasteiger partial charge >= 0.3 is 0 Å². The van der Waals surface area contributed by atoms with E-state index < -0.39 is 0 Å². The van der Waals surface area contributed by atoms with Gasteiger partial charge in [-0.15, -0.1) is 0 Å². The molecule has 0 bridgehead atoms. The van der Waals surface area contributed by atoms with Crippen LogP contribution in [-0.4, -0.2) is 48.9 Å². The molecule has 1 aliphatic heterocycles. The van der Waals surface area contributed by atoms with Crippen molar-refractivity contribution in [2.45, 2.75) is 6.04 Å². The molecular formula is C12H15N2O. The Balaban J connectivity index is 1.95. The normalized spacial score (nSPS) is 16.6. The Morgan fingerprint density at radius 2 is 2.27 bits per heavy atom. The van der Waals surface area contributed by atoms with Crippen LogP contribution in [0.2, 0.25) is 0 Å². The van der Waals surface area contributed by atoms with E-state index in [0.29, 0.717) is 6.04 Å². The van der Waals surface area contributed by atoms with Gasteiger partial charge in [0.1, 0.15) is 0 Å². The monoisotopic (exact) mass is 203 g/mol. The number of amides is 1. The van der Waals surface area contributed by atoms with Crippen LogP contribution < -0.4 is 0 Å². The molecule has 0 saturated carbocycles. The van der Waals surface area contributed by atoms with Crippen LogP contribution in [0.1, 0.15) is 10.4 Å². The molecule has 1 fully saturated rings. The molecule has 0 atom stereocenters. The summed E-state index contributed by atoms with van der Waals surface area (Å²) in [6.45, 7) is 1.67. The van der Waals surface area contributed by atoms with E-state index in [-0.39, 0.29) is 5.91 Å². The molecule has 3 heteroatoms. The largest absolute Gasteiger partial charge is 0.335 e. The van der Waals surface area contributed by atoms with Crippen LogP contribution in [0.25, 0.3) is 0 Å². The number of hydrogen-bond acceptors (Lipinski definition) is 2. The number of benzene rings is 1. The topological polar surface area (TPSA) is 23.6 Å². The van der Waals surface area contributed by atoms with Gasteiger partial charge in [-0.2, -0.15) is 0 Å². The van der Waals surface area contributed by atoms with Crippen molar-refractivity contribution in [1.82, 2.24) is 9.80 Å². The SMILES string of the molecule is CN(C)C1CN(C(=O)c2c[c]ccc2)C1. The minimum Gasteiger partial charge on any atom is -0.335 e. The lowest BCUT2D eigenvalue weighted by Gasteiger charge is -2.42. The van der Waals surface area contributed by atoms with Crippen LogP contribution in [0.15, 0.2) is 24.3 Å². The van der Waals surface area contributed by atoms with Crippen LogP contribution in [0.3, 0.4) is 0 Å². The maximum atomic E-state index is 11.9. The van der Waals surface area contributed by atoms with Crippen molar-refractivity contribution < 1.29 is 4.79 Å². The second-order valence-electron chi connectivity index (χ2n) is 4.12. The van der Waals surface area contributed by atoms with E-state index in [2.05, 4.69) is 11.0 Å². The third kappa shape index (κ3) is 2.02. The first kappa shape index (κ1) is 10.2. The van der Waals surface area contributed by atoms with Crippen molar-refractivity contribution in [1.29, 1.82) is 0 Å². The van der Waals surface area contributed by atoms with Crippen LogP contribution in [0.5, 0.6) is 0 Å². The van der Waals surface area contributed by atoms with Gasteiger partial charge in [0.15, 0.2) is 0 Å². The van der Waals surface area contributed by atoms with E-state index in [9.17, 15) is 4.79 Å². The van der Waals surface area contributed by atoms with Gasteiger partial charge in [-0.05, 0) is 32.3 Å². The molecule has 0 aliphatic carbocycles. The summed E-state index contributed by atoms with van der Waals surface area (Å²) in [6.07, 6.45) is 0. The molecule has 1 aromatic carbocycles. The predicted molar refractivity (Wildman–Crippen MR) is 58.7 cm³/mol. The smallest absolute Gasteiger partial charge is 0.253 e. The molecule has 1 amide bonds. The van der Waals surface area contributed by atoms with Gasteiger partial charge in [0.2, 0.25) is 0 Å². The molecule has 1 saturated heterocycles. The van der Waals surface area contributed by atoms with Crippen molar-refractivity contribution in [2.75, 3.05) is 27.2 Å². The van der Waals surface area contributed by atoms with Crippen molar-refractivity contribution in [3.63, 3.8) is 0 Å². The van der Waals surface area contributed by atoms with E-state index in [1.807, 2.05) is 31.1 Å². The zero-order valence-corrected chi connectivity index (χ0v) is 9.10. The Kier molecular flexibility index (Phi) is 2.73. The summed E-state index contributed by atoms with van der Waals surface area (Å²) in [5.74, 6) is 0.116. The minimum absolute atomic E-state index is 0.116. The van der Waals surface area contributed by atoms with E-state index in [1.54, 1.807) is 12.1 Å². The molecule has 1 radical (unpaired) electrons. The van der Waals surface area contributed by atoms with Gasteiger partial charge in [0.25, 0.3) is 5.91 Å². The molecule has 3 nitrogen and oxygen atoms in total. The Bertz CT molecular complexity index is 342. The summed E-state index contributed by atoms with van der Waals surface area (Å²) in [7, 11) is 4.09. The number of hydrogen-bond donors (Lipinski definition) is 0. The van der Waals surface area contributed by atoms with E-state index in [0.717, 1.165) is 18.7 Å². The van der Waals surface area contributed by atoms with Gasteiger partial charge < -0.3 is 9.80 Å². The fraction of sp³-hybridized carbons (Fsp3) is 0.417. The van der Waals surface area contributed by atoms with Gasteiger partial charge in [-0.1, -0.05) is 12.1 Å². The molecule has 79 valence electrons. The lowest BCUT2D eigenvalue weighted by atomic mass is 10.1. The number of carbonyl (C=O) groups excluding carboxylic acids is 1. The molecule has 0 unspecified atom stereocenters. The molecular weight excluding hydrogens is 188 g/mol. The van der Waals surface area contributed by atoms with Crippen LogP contribution in [0, 0.1) is 6.07 Å². The highest BCUT2D eigenvalue weighted by Crippen LogP contribution is 2.15. The zero-order valence-electron chi connectivity index (χ0n) is 9.10. The molecule has 0 N–H and O–H groups in total. The van der Waals surface area contributed by atoms with Crippen LogP contribution >= 0.6 is 0 Å². The summed E-state index contributed by atoms with van der Waals surface area (Å²) in [6, 6.07) is 10.7. The Hall–Kier alpha value is -1.35. The highest BCUT2D eigenvalue weighted by Gasteiger charge is 2.32. The highest BCUT2D eigenvalue weighted by atomic mass is 16.2. The molecule has 2 rings (SSSR count). The van der Waals surface area contributed by atoms with Crippen molar-refractivity contribution in [3.8, 4) is 0 Å². The van der Waals surface area contributed by atoms with E-state index in [4.69, 9.17) is 0 Å². The number of nitrogens with zero attached hydrogens (tertiary/aromatic N) is 2. The Morgan fingerprint density at radius 3 is 2.80 bits per heavy atom. The summed E-state index contributed by atoms with van der Waals surface area (Å²) in [5, 5.41) is 0. The van der Waals surface area contributed by atoms with Gasteiger partial charge in [-0.25, -0.2) is 0 Å². The van der Waals surface area contributed by atoms with E-state index in [1.165, 1.54) is 0 Å². The number of rotatable bonds is 2. The van der Waals surface area contributed by atoms with Crippen molar-refractivity contribution in [2.24, 2.45) is 0 Å². The maximum absolute atomic E-state index is 11.9. The summed E-state index contributed by atoms with van der Waals surface area (Å²) < 4.78 is 0. The quantitative estimate of drug-likeness (QED) is 0.712. The Labute approximate surface area is 90.3 Å². The zero-order chi connectivity index (χ0) is 10.8. The van der Waals surface area contributed by atoms with Gasteiger partial charge in [-0.3, -0.25) is 4.79 Å². The highest BCUT2D eigenvalue weighted by molar-refractivity contribution is 5.94. The third-order valence-corrected chi connectivity index (χ3v) is 2.83. The Morgan fingerprint density at radius 1 is 1.53 bits per heavy atom. The lowest BCUT2D eigenvalue weighted by molar-refractivity contribution is 0.0399.